The van der Waals surface area contributed by atoms with Crippen LogP contribution in [0.4, 0.5) is 0 Å². The van der Waals surface area contributed by atoms with E-state index in [-0.39, 0.29) is 11.3 Å². The van der Waals surface area contributed by atoms with E-state index in [1.165, 1.54) is 11.1 Å². The van der Waals surface area contributed by atoms with E-state index in [1.807, 2.05) is 5.41 Å². The number of carbonyl (C=O) groups excluding carboxylic acids is 1. The fourth-order valence-electron chi connectivity index (χ4n) is 1.35. The van der Waals surface area contributed by atoms with Crippen molar-refractivity contribution < 1.29 is 4.79 Å². The number of benzene rings is 1. The maximum absolute atomic E-state index is 11.5. The van der Waals surface area contributed by atoms with Gasteiger partial charge in [0.25, 0.3) is 0 Å². The van der Waals surface area contributed by atoms with Gasteiger partial charge >= 0.3 is 0 Å². The zero-order chi connectivity index (χ0) is 14.3. The van der Waals surface area contributed by atoms with Gasteiger partial charge < -0.3 is 5.32 Å². The predicted molar refractivity (Wildman–Crippen MR) is 84.1 cm³/mol. The zero-order valence-corrected chi connectivity index (χ0v) is 13.0. The predicted octanol–water partition coefficient (Wildman–Crippen LogP) is 3.90. The minimum atomic E-state index is -0.0219. The van der Waals surface area contributed by atoms with Crippen LogP contribution in [0.3, 0.4) is 0 Å². The highest BCUT2D eigenvalue weighted by Crippen LogP contribution is 2.14. The van der Waals surface area contributed by atoms with Gasteiger partial charge in [-0.1, -0.05) is 50.6 Å². The van der Waals surface area contributed by atoms with Crippen LogP contribution in [0.5, 0.6) is 0 Å². The first-order chi connectivity index (χ1) is 8.87. The van der Waals surface area contributed by atoms with Crippen LogP contribution in [-0.2, 0) is 10.5 Å². The second-order valence-corrected chi connectivity index (χ2v) is 6.77. The average molecular weight is 277 g/mol. The Morgan fingerprint density at radius 1 is 1.26 bits per heavy atom. The summed E-state index contributed by atoms with van der Waals surface area (Å²) in [5.41, 5.74) is 2.67. The van der Waals surface area contributed by atoms with Crippen LogP contribution >= 0.6 is 11.8 Å². The van der Waals surface area contributed by atoms with Crippen molar-refractivity contribution in [3.8, 4) is 0 Å². The summed E-state index contributed by atoms with van der Waals surface area (Å²) in [6.07, 6.45) is 1.60. The largest absolute Gasteiger partial charge is 0.352 e. The Morgan fingerprint density at radius 2 is 1.89 bits per heavy atom. The molecule has 0 aliphatic rings. The Hall–Kier alpha value is -1.22. The third-order valence-electron chi connectivity index (χ3n) is 2.48. The highest BCUT2D eigenvalue weighted by Gasteiger charge is 2.10. The summed E-state index contributed by atoms with van der Waals surface area (Å²) in [4.78, 5) is 11.5. The van der Waals surface area contributed by atoms with Gasteiger partial charge in [0, 0.05) is 18.4 Å². The summed E-state index contributed by atoms with van der Waals surface area (Å²) in [5, 5.41) is 4.75. The van der Waals surface area contributed by atoms with Gasteiger partial charge in [-0.05, 0) is 23.3 Å². The van der Waals surface area contributed by atoms with Crippen LogP contribution in [-0.4, -0.2) is 12.5 Å². The second-order valence-electron chi connectivity index (χ2n) is 5.88. The molecule has 1 aromatic rings. The summed E-state index contributed by atoms with van der Waals surface area (Å²) >= 11 is 1.63. The summed E-state index contributed by atoms with van der Waals surface area (Å²) in [6, 6.07) is 8.46. The molecule has 1 N–H and O–H groups in total. The maximum atomic E-state index is 11.5. The molecule has 0 spiro atoms. The lowest BCUT2D eigenvalue weighted by Gasteiger charge is -2.17. The van der Waals surface area contributed by atoms with Gasteiger partial charge in [-0.2, -0.15) is 0 Å². The lowest BCUT2D eigenvalue weighted by molar-refractivity contribution is -0.116. The van der Waals surface area contributed by atoms with Gasteiger partial charge in [-0.25, -0.2) is 0 Å². The van der Waals surface area contributed by atoms with Crippen molar-refractivity contribution in [1.82, 2.24) is 5.32 Å². The molecule has 0 radical (unpaired) electrons. The van der Waals surface area contributed by atoms with Gasteiger partial charge in [-0.3, -0.25) is 4.79 Å². The number of carbonyl (C=O) groups is 1. The molecule has 0 fully saturated rings. The summed E-state index contributed by atoms with van der Waals surface area (Å²) < 4.78 is 0. The minimum Gasteiger partial charge on any atom is -0.352 e. The normalized spacial score (nSPS) is 11.8. The van der Waals surface area contributed by atoms with Crippen molar-refractivity contribution in [3.05, 3.63) is 46.9 Å². The van der Waals surface area contributed by atoms with Crippen molar-refractivity contribution in [2.45, 2.75) is 33.4 Å². The summed E-state index contributed by atoms with van der Waals surface area (Å²) in [5.74, 6) is 0.870. The van der Waals surface area contributed by atoms with Crippen LogP contribution in [0, 0.1) is 12.3 Å². The van der Waals surface area contributed by atoms with E-state index in [4.69, 9.17) is 0 Å². The molecule has 0 bridgehead atoms. The van der Waals surface area contributed by atoms with Crippen LogP contribution in [0.15, 0.2) is 35.7 Å². The third-order valence-corrected chi connectivity index (χ3v) is 3.31. The van der Waals surface area contributed by atoms with Crippen LogP contribution in [0.25, 0.3) is 0 Å². The fraction of sp³-hybridized carbons (Fsp3) is 0.438. The first-order valence-corrected chi connectivity index (χ1v) is 7.53. The monoisotopic (exact) mass is 277 g/mol. The molecule has 0 aromatic heterocycles. The van der Waals surface area contributed by atoms with Crippen molar-refractivity contribution >= 4 is 17.7 Å². The molecule has 104 valence electrons. The van der Waals surface area contributed by atoms with Crippen LogP contribution in [0.2, 0.25) is 0 Å². The molecule has 2 nitrogen and oxygen atoms in total. The molecule has 1 rings (SSSR count). The maximum Gasteiger partial charge on any atom is 0.244 e. The molecule has 0 aliphatic heterocycles. The highest BCUT2D eigenvalue weighted by molar-refractivity contribution is 8.01. The number of thioether (sulfide) groups is 1. The second kappa shape index (κ2) is 7.39. The Morgan fingerprint density at radius 3 is 2.47 bits per heavy atom. The van der Waals surface area contributed by atoms with Crippen molar-refractivity contribution in [3.63, 3.8) is 0 Å². The van der Waals surface area contributed by atoms with E-state index in [1.54, 1.807) is 17.8 Å². The zero-order valence-electron chi connectivity index (χ0n) is 12.2. The number of hydrogen-bond acceptors (Lipinski definition) is 2. The molecule has 3 heteroatoms. The van der Waals surface area contributed by atoms with E-state index >= 15 is 0 Å². The third kappa shape index (κ3) is 7.73. The molecule has 0 atom stereocenters. The Bertz CT molecular complexity index is 429. The van der Waals surface area contributed by atoms with Crippen molar-refractivity contribution in [2.24, 2.45) is 5.41 Å². The van der Waals surface area contributed by atoms with Crippen LogP contribution < -0.4 is 5.32 Å². The Kier molecular flexibility index (Phi) is 6.16. The van der Waals surface area contributed by atoms with Gasteiger partial charge in [-0.15, -0.1) is 11.8 Å². The van der Waals surface area contributed by atoms with Crippen molar-refractivity contribution in [1.29, 1.82) is 0 Å². The number of aryl methyl sites for hydroxylation is 1. The standard InChI is InChI=1S/C16H23NOS/c1-13-5-7-14(8-6-13)11-19-10-9-15(18)17-12-16(2,3)4/h5-10H,11-12H2,1-4H3,(H,17,18)/b10-9-. The number of amides is 1. The first-order valence-electron chi connectivity index (χ1n) is 6.48. The number of hydrogen-bond donors (Lipinski definition) is 1. The van der Waals surface area contributed by atoms with Gasteiger partial charge in [0.1, 0.15) is 0 Å². The fourth-order valence-corrected chi connectivity index (χ4v) is 2.05. The molecule has 0 saturated carbocycles. The lowest BCUT2D eigenvalue weighted by Crippen LogP contribution is -2.30. The quantitative estimate of drug-likeness (QED) is 0.827. The van der Waals surface area contributed by atoms with Gasteiger partial charge in [0.15, 0.2) is 0 Å². The van der Waals surface area contributed by atoms with E-state index in [9.17, 15) is 4.79 Å². The first kappa shape index (κ1) is 15.8. The minimum absolute atomic E-state index is 0.0219. The SMILES string of the molecule is Cc1ccc(CS/C=C\C(=O)NCC(C)(C)C)cc1. The van der Waals surface area contributed by atoms with E-state index in [0.29, 0.717) is 6.54 Å². The summed E-state index contributed by atoms with van der Waals surface area (Å²) in [6.45, 7) is 9.07. The molecule has 0 heterocycles. The number of nitrogens with one attached hydrogen (secondary N) is 1. The van der Waals surface area contributed by atoms with Crippen LogP contribution in [0.1, 0.15) is 31.9 Å². The molecule has 0 unspecified atom stereocenters. The van der Waals surface area contributed by atoms with E-state index < -0.39 is 0 Å². The Labute approximate surface area is 120 Å². The molecule has 1 aromatic carbocycles. The summed E-state index contributed by atoms with van der Waals surface area (Å²) in [7, 11) is 0. The van der Waals surface area contributed by atoms with Gasteiger partial charge in [0.05, 0.1) is 0 Å². The highest BCUT2D eigenvalue weighted by atomic mass is 32.2. The molecule has 19 heavy (non-hydrogen) atoms. The lowest BCUT2D eigenvalue weighted by atomic mass is 9.97. The topological polar surface area (TPSA) is 29.1 Å². The molecule has 0 saturated heterocycles. The molecular formula is C16H23NOS. The molecule has 1 amide bonds. The molecular weight excluding hydrogens is 254 g/mol. The van der Waals surface area contributed by atoms with Crippen molar-refractivity contribution in [2.75, 3.05) is 6.54 Å². The van der Waals surface area contributed by atoms with Gasteiger partial charge in [0.2, 0.25) is 5.91 Å². The Balaban J connectivity index is 2.26. The average Bonchev–Trinajstić information content (AvgIpc) is 2.33. The number of rotatable bonds is 5. The smallest absolute Gasteiger partial charge is 0.244 e. The van der Waals surface area contributed by atoms with E-state index in [0.717, 1.165) is 5.75 Å². The van der Waals surface area contributed by atoms with E-state index in [2.05, 4.69) is 57.3 Å². The molecule has 0 aliphatic carbocycles.